The molecule has 1 fully saturated rings. The summed E-state index contributed by atoms with van der Waals surface area (Å²) in [6.45, 7) is 3.84. The molecule has 1 aliphatic rings. The predicted octanol–water partition coefficient (Wildman–Crippen LogP) is 1.47. The van der Waals surface area contributed by atoms with E-state index < -0.39 is 10.0 Å². The number of sulfonamides is 1. The van der Waals surface area contributed by atoms with Gasteiger partial charge in [-0.3, -0.25) is 0 Å². The van der Waals surface area contributed by atoms with Crippen molar-refractivity contribution < 1.29 is 8.42 Å². The maximum Gasteiger partial charge on any atom is 0.243 e. The van der Waals surface area contributed by atoms with Crippen molar-refractivity contribution in [2.75, 3.05) is 0 Å². The van der Waals surface area contributed by atoms with Crippen molar-refractivity contribution in [3.63, 3.8) is 0 Å². The minimum Gasteiger partial charge on any atom is -0.207 e. The molecule has 2 rings (SSSR count). The molecule has 76 valence electrons. The van der Waals surface area contributed by atoms with E-state index in [0.29, 0.717) is 4.90 Å². The molecule has 2 atom stereocenters. The molecular formula is C10H13NO2S. The Balaban J connectivity index is 2.36. The van der Waals surface area contributed by atoms with Crippen LogP contribution in [0.2, 0.25) is 0 Å². The minimum atomic E-state index is -3.23. The lowest BCUT2D eigenvalue weighted by molar-refractivity contribution is 0.549. The fourth-order valence-corrected chi connectivity index (χ4v) is 3.54. The summed E-state index contributed by atoms with van der Waals surface area (Å²) >= 11 is 0. The molecule has 0 spiro atoms. The molecular weight excluding hydrogens is 198 g/mol. The van der Waals surface area contributed by atoms with E-state index >= 15 is 0 Å². The molecule has 0 aliphatic carbocycles. The lowest BCUT2D eigenvalue weighted by atomic mass is 10.4. The second-order valence-corrected chi connectivity index (χ2v) is 5.47. The summed E-state index contributed by atoms with van der Waals surface area (Å²) in [6.07, 6.45) is 0. The fourth-order valence-electron chi connectivity index (χ4n) is 1.62. The number of benzene rings is 1. The van der Waals surface area contributed by atoms with Crippen LogP contribution in [-0.2, 0) is 10.0 Å². The van der Waals surface area contributed by atoms with Gasteiger partial charge in [-0.05, 0) is 26.0 Å². The van der Waals surface area contributed by atoms with Crippen LogP contribution < -0.4 is 0 Å². The van der Waals surface area contributed by atoms with Crippen LogP contribution in [0.1, 0.15) is 13.8 Å². The zero-order chi connectivity index (χ0) is 10.3. The Bertz CT molecular complexity index is 419. The lowest BCUT2D eigenvalue weighted by Gasteiger charge is -2.04. The van der Waals surface area contributed by atoms with Gasteiger partial charge in [-0.15, -0.1) is 0 Å². The molecule has 1 saturated heterocycles. The number of nitrogens with zero attached hydrogens (tertiary/aromatic N) is 1. The first-order valence-corrected chi connectivity index (χ1v) is 6.08. The van der Waals surface area contributed by atoms with Gasteiger partial charge in [-0.1, -0.05) is 18.2 Å². The Labute approximate surface area is 84.4 Å². The molecule has 1 heterocycles. The van der Waals surface area contributed by atoms with E-state index in [0.717, 1.165) is 0 Å². The third-order valence-corrected chi connectivity index (χ3v) is 4.82. The highest BCUT2D eigenvalue weighted by Crippen LogP contribution is 2.34. The molecule has 0 saturated carbocycles. The molecule has 3 nitrogen and oxygen atoms in total. The minimum absolute atomic E-state index is 0.139. The van der Waals surface area contributed by atoms with E-state index in [9.17, 15) is 8.42 Å². The third-order valence-electron chi connectivity index (χ3n) is 2.73. The quantitative estimate of drug-likeness (QED) is 0.695. The summed E-state index contributed by atoms with van der Waals surface area (Å²) in [5.74, 6) is 0. The van der Waals surface area contributed by atoms with E-state index in [-0.39, 0.29) is 12.1 Å². The molecule has 14 heavy (non-hydrogen) atoms. The standard InChI is InChI=1S/C10H13NO2S/c1-8-9(2)11(8)14(12,13)10-6-4-3-5-7-10/h3-9H,1-2H3/t8-,9-/m1/s1. The predicted molar refractivity (Wildman–Crippen MR) is 54.4 cm³/mol. The van der Waals surface area contributed by atoms with Crippen LogP contribution >= 0.6 is 0 Å². The molecule has 1 aromatic carbocycles. The summed E-state index contributed by atoms with van der Waals surface area (Å²) < 4.78 is 25.4. The third kappa shape index (κ3) is 1.35. The Morgan fingerprint density at radius 3 is 2.00 bits per heavy atom. The molecule has 0 aromatic heterocycles. The van der Waals surface area contributed by atoms with Crippen molar-refractivity contribution >= 4 is 10.0 Å². The molecule has 0 unspecified atom stereocenters. The lowest BCUT2D eigenvalue weighted by Crippen LogP contribution is -2.14. The van der Waals surface area contributed by atoms with E-state index in [2.05, 4.69) is 0 Å². The molecule has 1 aliphatic heterocycles. The second-order valence-electron chi connectivity index (χ2n) is 3.63. The fraction of sp³-hybridized carbons (Fsp3) is 0.400. The van der Waals surface area contributed by atoms with Crippen LogP contribution in [0.15, 0.2) is 35.2 Å². The first-order valence-electron chi connectivity index (χ1n) is 4.64. The van der Waals surface area contributed by atoms with E-state index in [1.165, 1.54) is 4.31 Å². The Kier molecular flexibility index (Phi) is 2.12. The SMILES string of the molecule is C[C@@H]1[C@@H](C)N1S(=O)(=O)c1ccccc1. The van der Waals surface area contributed by atoms with Gasteiger partial charge >= 0.3 is 0 Å². The maximum atomic E-state index is 11.9. The van der Waals surface area contributed by atoms with Crippen molar-refractivity contribution in [2.45, 2.75) is 30.8 Å². The Hall–Kier alpha value is -0.870. The molecule has 0 radical (unpaired) electrons. The van der Waals surface area contributed by atoms with Gasteiger partial charge in [0.15, 0.2) is 0 Å². The van der Waals surface area contributed by atoms with Crippen molar-refractivity contribution in [3.8, 4) is 0 Å². The number of hydrogen-bond acceptors (Lipinski definition) is 2. The van der Waals surface area contributed by atoms with Gasteiger partial charge in [-0.2, -0.15) is 4.31 Å². The van der Waals surface area contributed by atoms with Gasteiger partial charge in [0.2, 0.25) is 10.0 Å². The van der Waals surface area contributed by atoms with Crippen LogP contribution in [0.25, 0.3) is 0 Å². The first kappa shape index (κ1) is 9.68. The highest BCUT2D eigenvalue weighted by molar-refractivity contribution is 7.89. The summed E-state index contributed by atoms with van der Waals surface area (Å²) in [4.78, 5) is 0.385. The Morgan fingerprint density at radius 1 is 1.07 bits per heavy atom. The van der Waals surface area contributed by atoms with Crippen LogP contribution in [0, 0.1) is 0 Å². The normalized spacial score (nSPS) is 31.4. The van der Waals surface area contributed by atoms with Crippen molar-refractivity contribution in [1.82, 2.24) is 4.31 Å². The van der Waals surface area contributed by atoms with Crippen LogP contribution in [-0.4, -0.2) is 24.8 Å². The summed E-state index contributed by atoms with van der Waals surface area (Å²) in [6, 6.07) is 8.84. The van der Waals surface area contributed by atoms with Gasteiger partial charge in [0.1, 0.15) is 0 Å². The van der Waals surface area contributed by atoms with Crippen LogP contribution in [0.5, 0.6) is 0 Å². The van der Waals surface area contributed by atoms with E-state index in [4.69, 9.17) is 0 Å². The average Bonchev–Trinajstić information content (AvgIpc) is 2.77. The number of rotatable bonds is 2. The molecule has 0 N–H and O–H groups in total. The monoisotopic (exact) mass is 211 g/mol. The molecule has 0 amide bonds. The average molecular weight is 211 g/mol. The summed E-state index contributed by atoms with van der Waals surface area (Å²) in [5, 5.41) is 0. The van der Waals surface area contributed by atoms with Gasteiger partial charge < -0.3 is 0 Å². The van der Waals surface area contributed by atoms with Crippen LogP contribution in [0.4, 0.5) is 0 Å². The maximum absolute atomic E-state index is 11.9. The highest BCUT2D eigenvalue weighted by atomic mass is 32.2. The first-order chi connectivity index (χ1) is 6.55. The van der Waals surface area contributed by atoms with E-state index in [1.807, 2.05) is 19.9 Å². The summed E-state index contributed by atoms with van der Waals surface area (Å²) in [7, 11) is -3.23. The zero-order valence-electron chi connectivity index (χ0n) is 8.21. The van der Waals surface area contributed by atoms with Gasteiger partial charge in [0.05, 0.1) is 4.90 Å². The molecule has 0 bridgehead atoms. The topological polar surface area (TPSA) is 37.1 Å². The van der Waals surface area contributed by atoms with Crippen molar-refractivity contribution in [2.24, 2.45) is 0 Å². The van der Waals surface area contributed by atoms with Crippen molar-refractivity contribution in [3.05, 3.63) is 30.3 Å². The second kappa shape index (κ2) is 3.07. The molecule has 4 heteroatoms. The van der Waals surface area contributed by atoms with Crippen LogP contribution in [0.3, 0.4) is 0 Å². The van der Waals surface area contributed by atoms with E-state index in [1.54, 1.807) is 24.3 Å². The van der Waals surface area contributed by atoms with Gasteiger partial charge in [0, 0.05) is 12.1 Å². The highest BCUT2D eigenvalue weighted by Gasteiger charge is 2.49. The number of hydrogen-bond donors (Lipinski definition) is 0. The van der Waals surface area contributed by atoms with Crippen molar-refractivity contribution in [1.29, 1.82) is 0 Å². The molecule has 1 aromatic rings. The summed E-state index contributed by atoms with van der Waals surface area (Å²) in [5.41, 5.74) is 0. The van der Waals surface area contributed by atoms with Gasteiger partial charge in [0.25, 0.3) is 0 Å². The van der Waals surface area contributed by atoms with Gasteiger partial charge in [-0.25, -0.2) is 8.42 Å². The largest absolute Gasteiger partial charge is 0.243 e. The Morgan fingerprint density at radius 2 is 1.57 bits per heavy atom. The smallest absolute Gasteiger partial charge is 0.207 e. The zero-order valence-corrected chi connectivity index (χ0v) is 9.03.